The Bertz CT molecular complexity index is 508. The van der Waals surface area contributed by atoms with E-state index in [1.54, 1.807) is 0 Å². The maximum absolute atomic E-state index is 6.28. The fraction of sp³-hybridized carbons (Fsp3) is 0.353. The molecule has 0 bridgehead atoms. The Hall–Kier alpha value is -1.71. The molecule has 0 saturated carbocycles. The van der Waals surface area contributed by atoms with Gasteiger partial charge in [0, 0.05) is 25.3 Å². The predicted octanol–water partition coefficient (Wildman–Crippen LogP) is 2.78. The molecule has 106 valence electrons. The molecule has 1 atom stereocenters. The molecule has 1 aromatic heterocycles. The van der Waals surface area contributed by atoms with Crippen molar-refractivity contribution in [2.45, 2.75) is 25.9 Å². The summed E-state index contributed by atoms with van der Waals surface area (Å²) in [5, 5.41) is 0. The third kappa shape index (κ3) is 4.15. The van der Waals surface area contributed by atoms with Gasteiger partial charge in [0.25, 0.3) is 0 Å². The monoisotopic (exact) mass is 269 g/mol. The summed E-state index contributed by atoms with van der Waals surface area (Å²) in [5.74, 6) is 0. The van der Waals surface area contributed by atoms with Crippen LogP contribution in [0.2, 0.25) is 0 Å². The normalized spacial score (nSPS) is 12.6. The molecule has 0 fully saturated rings. The predicted molar refractivity (Wildman–Crippen MR) is 83.3 cm³/mol. The van der Waals surface area contributed by atoms with Crippen LogP contribution in [0, 0.1) is 0 Å². The van der Waals surface area contributed by atoms with Crippen molar-refractivity contribution >= 4 is 0 Å². The zero-order valence-electron chi connectivity index (χ0n) is 12.3. The van der Waals surface area contributed by atoms with Crippen LogP contribution in [0.25, 0.3) is 0 Å². The zero-order chi connectivity index (χ0) is 14.4. The van der Waals surface area contributed by atoms with Gasteiger partial charge >= 0.3 is 0 Å². The average Bonchev–Trinajstić information content (AvgIpc) is 2.48. The van der Waals surface area contributed by atoms with Gasteiger partial charge in [-0.15, -0.1) is 0 Å². The lowest BCUT2D eigenvalue weighted by Crippen LogP contribution is -2.29. The number of rotatable bonds is 6. The smallest absolute Gasteiger partial charge is 0.0543 e. The number of hydrogen-bond donors (Lipinski definition) is 1. The summed E-state index contributed by atoms with van der Waals surface area (Å²) in [6.07, 6.45) is 2.89. The molecular formula is C17H23N3. The van der Waals surface area contributed by atoms with Crippen LogP contribution in [0.15, 0.2) is 48.7 Å². The van der Waals surface area contributed by atoms with Crippen molar-refractivity contribution < 1.29 is 0 Å². The third-order valence-electron chi connectivity index (χ3n) is 3.48. The van der Waals surface area contributed by atoms with Crippen LogP contribution >= 0.6 is 0 Å². The number of aryl methyl sites for hydroxylation is 1. The molecule has 20 heavy (non-hydrogen) atoms. The summed E-state index contributed by atoms with van der Waals surface area (Å²) in [7, 11) is 2.08. The van der Waals surface area contributed by atoms with E-state index in [0.29, 0.717) is 0 Å². The lowest BCUT2D eigenvalue weighted by molar-refractivity contribution is 0.302. The molecule has 0 aliphatic rings. The van der Waals surface area contributed by atoms with Gasteiger partial charge in [-0.3, -0.25) is 9.88 Å². The fourth-order valence-electron chi connectivity index (χ4n) is 2.27. The Morgan fingerprint density at radius 2 is 1.90 bits per heavy atom. The molecule has 2 N–H and O–H groups in total. The summed E-state index contributed by atoms with van der Waals surface area (Å²) in [6, 6.07) is 14.6. The quantitative estimate of drug-likeness (QED) is 0.877. The van der Waals surface area contributed by atoms with Gasteiger partial charge < -0.3 is 5.73 Å². The van der Waals surface area contributed by atoms with Gasteiger partial charge in [0.2, 0.25) is 0 Å². The molecule has 0 radical (unpaired) electrons. The number of hydrogen-bond acceptors (Lipinski definition) is 3. The number of nitrogens with two attached hydrogens (primary N) is 1. The van der Waals surface area contributed by atoms with Crippen molar-refractivity contribution in [1.82, 2.24) is 9.88 Å². The van der Waals surface area contributed by atoms with E-state index in [2.05, 4.69) is 48.1 Å². The molecule has 2 rings (SSSR count). The average molecular weight is 269 g/mol. The maximum Gasteiger partial charge on any atom is 0.0543 e. The lowest BCUT2D eigenvalue weighted by Gasteiger charge is -2.21. The van der Waals surface area contributed by atoms with Gasteiger partial charge in [-0.1, -0.05) is 37.3 Å². The Balaban J connectivity index is 1.91. The zero-order valence-corrected chi connectivity index (χ0v) is 12.3. The number of likely N-dealkylation sites (N-methyl/N-ethyl adjacent to an activating group) is 1. The van der Waals surface area contributed by atoms with Crippen molar-refractivity contribution in [2.24, 2.45) is 5.73 Å². The highest BCUT2D eigenvalue weighted by Gasteiger charge is 2.10. The lowest BCUT2D eigenvalue weighted by atomic mass is 10.0. The van der Waals surface area contributed by atoms with Crippen LogP contribution in [0.1, 0.15) is 29.8 Å². The van der Waals surface area contributed by atoms with E-state index in [9.17, 15) is 0 Å². The van der Waals surface area contributed by atoms with Gasteiger partial charge in [-0.25, -0.2) is 0 Å². The van der Waals surface area contributed by atoms with E-state index in [4.69, 9.17) is 5.73 Å². The first kappa shape index (κ1) is 14.7. The molecule has 1 aromatic carbocycles. The van der Waals surface area contributed by atoms with Gasteiger partial charge in [0.05, 0.1) is 5.69 Å². The van der Waals surface area contributed by atoms with Gasteiger partial charge in [0.1, 0.15) is 0 Å². The van der Waals surface area contributed by atoms with Crippen LogP contribution in [0.3, 0.4) is 0 Å². The number of aromatic nitrogens is 1. The highest BCUT2D eigenvalue weighted by molar-refractivity contribution is 5.25. The molecule has 0 amide bonds. The number of benzene rings is 1. The minimum absolute atomic E-state index is 0.0367. The summed E-state index contributed by atoms with van der Waals surface area (Å²) < 4.78 is 0. The molecule has 2 aromatic rings. The highest BCUT2D eigenvalue weighted by Crippen LogP contribution is 2.14. The second-order valence-corrected chi connectivity index (χ2v) is 5.22. The van der Waals surface area contributed by atoms with E-state index in [0.717, 1.165) is 25.2 Å². The first-order valence-corrected chi connectivity index (χ1v) is 7.12. The molecule has 3 nitrogen and oxygen atoms in total. The van der Waals surface area contributed by atoms with E-state index in [-0.39, 0.29) is 6.04 Å². The van der Waals surface area contributed by atoms with Crippen LogP contribution in [-0.4, -0.2) is 23.5 Å². The minimum atomic E-state index is 0.0367. The molecule has 0 aliphatic carbocycles. The van der Waals surface area contributed by atoms with E-state index >= 15 is 0 Å². The van der Waals surface area contributed by atoms with Crippen LogP contribution in [-0.2, 0) is 13.0 Å². The summed E-state index contributed by atoms with van der Waals surface area (Å²) >= 11 is 0. The third-order valence-corrected chi connectivity index (χ3v) is 3.48. The first-order chi connectivity index (χ1) is 9.69. The van der Waals surface area contributed by atoms with Gasteiger partial charge in [-0.2, -0.15) is 0 Å². The van der Waals surface area contributed by atoms with E-state index in [1.165, 1.54) is 11.1 Å². The van der Waals surface area contributed by atoms with Crippen LogP contribution in [0.4, 0.5) is 0 Å². The maximum atomic E-state index is 6.28. The Morgan fingerprint density at radius 1 is 1.15 bits per heavy atom. The van der Waals surface area contributed by atoms with Crippen LogP contribution in [0.5, 0.6) is 0 Å². The summed E-state index contributed by atoms with van der Waals surface area (Å²) in [4.78, 5) is 6.55. The Morgan fingerprint density at radius 3 is 2.50 bits per heavy atom. The fourth-order valence-corrected chi connectivity index (χ4v) is 2.27. The van der Waals surface area contributed by atoms with Crippen molar-refractivity contribution in [1.29, 1.82) is 0 Å². The van der Waals surface area contributed by atoms with Crippen LogP contribution < -0.4 is 5.73 Å². The topological polar surface area (TPSA) is 42.1 Å². The summed E-state index contributed by atoms with van der Waals surface area (Å²) in [5.41, 5.74) is 9.89. The van der Waals surface area contributed by atoms with Crippen molar-refractivity contribution in [3.05, 3.63) is 65.5 Å². The largest absolute Gasteiger partial charge is 0.323 e. The molecule has 1 unspecified atom stereocenters. The van der Waals surface area contributed by atoms with E-state index in [1.807, 2.05) is 24.4 Å². The van der Waals surface area contributed by atoms with Gasteiger partial charge in [0.15, 0.2) is 0 Å². The van der Waals surface area contributed by atoms with Gasteiger partial charge in [-0.05, 0) is 36.7 Å². The number of nitrogens with zero attached hydrogens (tertiary/aromatic N) is 2. The SMILES string of the molecule is CCc1ccc(C(N)CN(C)Cc2ccccn2)cc1. The Labute approximate surface area is 121 Å². The van der Waals surface area contributed by atoms with Crippen molar-refractivity contribution in [2.75, 3.05) is 13.6 Å². The van der Waals surface area contributed by atoms with E-state index < -0.39 is 0 Å². The standard InChI is InChI=1S/C17H23N3/c1-3-14-7-9-15(10-8-14)17(18)13-20(2)12-16-6-4-5-11-19-16/h4-11,17H,3,12-13,18H2,1-2H3. The number of pyridine rings is 1. The molecular weight excluding hydrogens is 246 g/mol. The van der Waals surface area contributed by atoms with Crippen molar-refractivity contribution in [3.8, 4) is 0 Å². The second kappa shape index (κ2) is 7.17. The first-order valence-electron chi connectivity index (χ1n) is 7.12. The molecule has 0 aliphatic heterocycles. The minimum Gasteiger partial charge on any atom is -0.323 e. The highest BCUT2D eigenvalue weighted by atomic mass is 15.1. The molecule has 1 heterocycles. The molecule has 0 spiro atoms. The summed E-state index contributed by atoms with van der Waals surface area (Å²) in [6.45, 7) is 3.80. The molecule has 0 saturated heterocycles. The van der Waals surface area contributed by atoms with Crippen molar-refractivity contribution in [3.63, 3.8) is 0 Å². The molecule has 3 heteroatoms. The second-order valence-electron chi connectivity index (χ2n) is 5.22. The Kier molecular flexibility index (Phi) is 5.27.